The van der Waals surface area contributed by atoms with Crippen LogP contribution in [-0.2, 0) is 6.54 Å². The number of hydrogen-bond donors (Lipinski definition) is 2. The molecule has 2 heterocycles. The summed E-state index contributed by atoms with van der Waals surface area (Å²) < 4.78 is 0. The molecule has 0 unspecified atom stereocenters. The number of H-pyrrole nitrogens is 1. The van der Waals surface area contributed by atoms with Gasteiger partial charge in [-0.2, -0.15) is 0 Å². The maximum absolute atomic E-state index is 11.8. The van der Waals surface area contributed by atoms with Crippen LogP contribution >= 0.6 is 0 Å². The second kappa shape index (κ2) is 6.28. The third-order valence-electron chi connectivity index (χ3n) is 5.17. The van der Waals surface area contributed by atoms with Crippen LogP contribution in [0.25, 0.3) is 0 Å². The van der Waals surface area contributed by atoms with Crippen molar-refractivity contribution in [2.24, 2.45) is 0 Å². The van der Waals surface area contributed by atoms with Crippen molar-refractivity contribution < 1.29 is 4.90 Å². The highest BCUT2D eigenvalue weighted by atomic mass is 16.1. The highest BCUT2D eigenvalue weighted by molar-refractivity contribution is 5.19. The highest BCUT2D eigenvalue weighted by Gasteiger charge is 2.28. The van der Waals surface area contributed by atoms with Crippen LogP contribution in [0.1, 0.15) is 54.6 Å². The smallest absolute Gasteiger partial charge is 0.251 e. The van der Waals surface area contributed by atoms with Gasteiger partial charge in [-0.25, -0.2) is 4.98 Å². The van der Waals surface area contributed by atoms with Gasteiger partial charge >= 0.3 is 0 Å². The van der Waals surface area contributed by atoms with E-state index < -0.39 is 0 Å². The second-order valence-corrected chi connectivity index (χ2v) is 7.01. The van der Waals surface area contributed by atoms with Crippen LogP contribution in [0.4, 0.5) is 0 Å². The molecule has 0 atom stereocenters. The fourth-order valence-electron chi connectivity index (χ4n) is 3.69. The number of nitrogens with one attached hydrogen (secondary N) is 2. The molecule has 2 fully saturated rings. The van der Waals surface area contributed by atoms with Crippen molar-refractivity contribution in [3.63, 3.8) is 0 Å². The standard InChI is InChI=1S/C19H23N3O/c23-18-12-17(20-19(21-18)16-6-7-16)13-22-10-8-15(9-11-22)14-4-2-1-3-5-14/h1-5,12,15-16H,6-11,13H2,(H,20,21,23)/p+1. The van der Waals surface area contributed by atoms with Gasteiger partial charge in [0, 0.05) is 24.8 Å². The Kier molecular flexibility index (Phi) is 4.00. The zero-order valence-corrected chi connectivity index (χ0v) is 13.4. The molecule has 2 N–H and O–H groups in total. The molecule has 1 saturated carbocycles. The van der Waals surface area contributed by atoms with E-state index in [4.69, 9.17) is 4.98 Å². The fraction of sp³-hybridized carbons (Fsp3) is 0.474. The van der Waals surface area contributed by atoms with Crippen molar-refractivity contribution in [1.82, 2.24) is 9.97 Å². The summed E-state index contributed by atoms with van der Waals surface area (Å²) >= 11 is 0. The first-order valence-electron chi connectivity index (χ1n) is 8.76. The van der Waals surface area contributed by atoms with E-state index in [9.17, 15) is 4.79 Å². The molecule has 23 heavy (non-hydrogen) atoms. The van der Waals surface area contributed by atoms with Crippen LogP contribution in [0.5, 0.6) is 0 Å². The lowest BCUT2D eigenvalue weighted by Gasteiger charge is -2.29. The molecule has 2 aromatic rings. The number of hydrogen-bond acceptors (Lipinski definition) is 2. The van der Waals surface area contributed by atoms with Gasteiger partial charge in [-0.1, -0.05) is 30.3 Å². The van der Waals surface area contributed by atoms with Crippen LogP contribution in [0.3, 0.4) is 0 Å². The zero-order chi connectivity index (χ0) is 15.6. The minimum absolute atomic E-state index is 0.00970. The van der Waals surface area contributed by atoms with Crippen molar-refractivity contribution >= 4 is 0 Å². The zero-order valence-electron chi connectivity index (χ0n) is 13.4. The van der Waals surface area contributed by atoms with E-state index in [1.54, 1.807) is 11.0 Å². The Hall–Kier alpha value is -1.94. The van der Waals surface area contributed by atoms with Crippen molar-refractivity contribution in [2.45, 2.75) is 44.1 Å². The Morgan fingerprint density at radius 2 is 1.78 bits per heavy atom. The maximum Gasteiger partial charge on any atom is 0.251 e. The number of aromatic nitrogens is 2. The van der Waals surface area contributed by atoms with Gasteiger partial charge in [-0.15, -0.1) is 0 Å². The lowest BCUT2D eigenvalue weighted by molar-refractivity contribution is -0.919. The summed E-state index contributed by atoms with van der Waals surface area (Å²) in [5, 5.41) is 0. The molecular formula is C19H24N3O+. The van der Waals surface area contributed by atoms with Crippen LogP contribution in [-0.4, -0.2) is 23.1 Å². The molecule has 0 radical (unpaired) electrons. The molecule has 4 nitrogen and oxygen atoms in total. The van der Waals surface area contributed by atoms with Crippen LogP contribution in [0, 0.1) is 0 Å². The van der Waals surface area contributed by atoms with Gasteiger partial charge < -0.3 is 9.88 Å². The van der Waals surface area contributed by atoms with Crippen LogP contribution < -0.4 is 10.5 Å². The number of likely N-dealkylation sites (tertiary alicyclic amines) is 1. The number of nitrogens with zero attached hydrogens (tertiary/aromatic N) is 1. The minimum atomic E-state index is 0.00970. The molecule has 1 aromatic carbocycles. The number of quaternary nitrogens is 1. The number of aromatic amines is 1. The van der Waals surface area contributed by atoms with E-state index in [1.165, 1.54) is 31.2 Å². The minimum Gasteiger partial charge on any atom is -0.330 e. The molecule has 120 valence electrons. The number of piperidine rings is 1. The Morgan fingerprint density at radius 1 is 1.04 bits per heavy atom. The van der Waals surface area contributed by atoms with Gasteiger partial charge in [-0.05, 0) is 24.3 Å². The highest BCUT2D eigenvalue weighted by Crippen LogP contribution is 2.37. The van der Waals surface area contributed by atoms with Gasteiger partial charge in [0.15, 0.2) is 0 Å². The molecule has 2 aliphatic rings. The SMILES string of the molecule is O=c1cc(C[NH+]2CCC(c3ccccc3)CC2)nc(C2CC2)[nH]1. The molecule has 1 aliphatic heterocycles. The maximum atomic E-state index is 11.8. The predicted molar refractivity (Wildman–Crippen MR) is 89.7 cm³/mol. The molecule has 1 saturated heterocycles. The van der Waals surface area contributed by atoms with Gasteiger partial charge in [-0.3, -0.25) is 4.79 Å². The summed E-state index contributed by atoms with van der Waals surface area (Å²) in [6.07, 6.45) is 4.78. The van der Waals surface area contributed by atoms with Crippen LogP contribution in [0.2, 0.25) is 0 Å². The molecule has 1 aliphatic carbocycles. The first-order chi connectivity index (χ1) is 11.3. The third-order valence-corrected chi connectivity index (χ3v) is 5.17. The monoisotopic (exact) mass is 310 g/mol. The summed E-state index contributed by atoms with van der Waals surface area (Å²) in [6.45, 7) is 3.20. The van der Waals surface area contributed by atoms with Crippen molar-refractivity contribution in [1.29, 1.82) is 0 Å². The van der Waals surface area contributed by atoms with E-state index in [1.807, 2.05) is 0 Å². The first kappa shape index (κ1) is 14.6. The van der Waals surface area contributed by atoms with Crippen molar-refractivity contribution in [2.75, 3.05) is 13.1 Å². The Morgan fingerprint density at radius 3 is 2.48 bits per heavy atom. The number of rotatable bonds is 4. The Bertz CT molecular complexity index is 713. The normalized spacial score (nSPS) is 24.5. The van der Waals surface area contributed by atoms with Gasteiger partial charge in [0.25, 0.3) is 5.56 Å². The van der Waals surface area contributed by atoms with Gasteiger partial charge in [0.1, 0.15) is 18.1 Å². The second-order valence-electron chi connectivity index (χ2n) is 7.01. The van der Waals surface area contributed by atoms with Gasteiger partial charge in [0.2, 0.25) is 0 Å². The van der Waals surface area contributed by atoms with Crippen molar-refractivity contribution in [3.05, 3.63) is 63.8 Å². The van der Waals surface area contributed by atoms with Crippen LogP contribution in [0.15, 0.2) is 41.2 Å². The lowest BCUT2D eigenvalue weighted by Crippen LogP contribution is -3.11. The Labute approximate surface area is 136 Å². The third kappa shape index (κ3) is 3.53. The van der Waals surface area contributed by atoms with E-state index in [-0.39, 0.29) is 5.56 Å². The predicted octanol–water partition coefficient (Wildman–Crippen LogP) is 1.61. The molecule has 1 aromatic heterocycles. The summed E-state index contributed by atoms with van der Waals surface area (Å²) in [6, 6.07) is 12.5. The molecule has 0 amide bonds. The summed E-state index contributed by atoms with van der Waals surface area (Å²) in [5.41, 5.74) is 2.44. The first-order valence-corrected chi connectivity index (χ1v) is 8.76. The van der Waals surface area contributed by atoms with Crippen molar-refractivity contribution in [3.8, 4) is 0 Å². The van der Waals surface area contributed by atoms with E-state index in [2.05, 4.69) is 35.3 Å². The topological polar surface area (TPSA) is 50.2 Å². The lowest BCUT2D eigenvalue weighted by atomic mass is 9.89. The molecule has 0 bridgehead atoms. The van der Waals surface area contributed by atoms with Gasteiger partial charge in [0.05, 0.1) is 13.1 Å². The summed E-state index contributed by atoms with van der Waals surface area (Å²) in [7, 11) is 0. The van der Waals surface area contributed by atoms with E-state index in [0.717, 1.165) is 31.2 Å². The summed E-state index contributed by atoms with van der Waals surface area (Å²) in [4.78, 5) is 21.0. The quantitative estimate of drug-likeness (QED) is 0.901. The number of benzene rings is 1. The summed E-state index contributed by atoms with van der Waals surface area (Å²) in [5.74, 6) is 2.10. The average Bonchev–Trinajstić information content (AvgIpc) is 3.41. The largest absolute Gasteiger partial charge is 0.330 e. The molecule has 0 spiro atoms. The molecular weight excluding hydrogens is 286 g/mol. The van der Waals surface area contributed by atoms with E-state index in [0.29, 0.717) is 11.8 Å². The molecule has 4 heteroatoms. The molecule has 4 rings (SSSR count). The fourth-order valence-corrected chi connectivity index (χ4v) is 3.69. The Balaban J connectivity index is 1.39. The van der Waals surface area contributed by atoms with E-state index >= 15 is 0 Å². The average molecular weight is 310 g/mol.